The van der Waals surface area contributed by atoms with Gasteiger partial charge in [-0.2, -0.15) is 0 Å². The largest absolute Gasteiger partial charge is 0.396 e. The van der Waals surface area contributed by atoms with Gasteiger partial charge in [0.2, 0.25) is 0 Å². The summed E-state index contributed by atoms with van der Waals surface area (Å²) in [6, 6.07) is 9.43. The number of aliphatic hydroxyl groups excluding tert-OH is 1. The van der Waals surface area contributed by atoms with Gasteiger partial charge in [-0.25, -0.2) is 0 Å². The summed E-state index contributed by atoms with van der Waals surface area (Å²) in [4.78, 5) is 16.7. The van der Waals surface area contributed by atoms with Gasteiger partial charge in [-0.15, -0.1) is 0 Å². The summed E-state index contributed by atoms with van der Waals surface area (Å²) in [5, 5.41) is 13.0. The van der Waals surface area contributed by atoms with Crippen LogP contribution in [0, 0.1) is 5.92 Å². The van der Waals surface area contributed by atoms with Crippen molar-refractivity contribution in [3.8, 4) is 0 Å². The molecule has 112 valence electrons. The Bertz CT molecular complexity index is 587. The van der Waals surface area contributed by atoms with E-state index in [0.717, 1.165) is 30.2 Å². The predicted molar refractivity (Wildman–Crippen MR) is 84.2 cm³/mol. The van der Waals surface area contributed by atoms with E-state index in [1.54, 1.807) is 12.3 Å². The van der Waals surface area contributed by atoms with Gasteiger partial charge in [0.1, 0.15) is 0 Å². The maximum Gasteiger partial charge on any atom is 0.253 e. The highest BCUT2D eigenvalue weighted by Crippen LogP contribution is 2.16. The second kappa shape index (κ2) is 7.74. The van der Waals surface area contributed by atoms with Crippen molar-refractivity contribution >= 4 is 16.8 Å². The lowest BCUT2D eigenvalue weighted by Gasteiger charge is -2.16. The number of nitrogens with zero attached hydrogens (tertiary/aromatic N) is 1. The fraction of sp³-hybridized carbons (Fsp3) is 0.412. The molecule has 0 aliphatic rings. The van der Waals surface area contributed by atoms with Crippen molar-refractivity contribution in [3.63, 3.8) is 0 Å². The van der Waals surface area contributed by atoms with Crippen LogP contribution in [0.5, 0.6) is 0 Å². The van der Waals surface area contributed by atoms with Gasteiger partial charge < -0.3 is 10.4 Å². The minimum absolute atomic E-state index is 0.0988. The highest BCUT2D eigenvalue weighted by Gasteiger charge is 2.13. The fourth-order valence-electron chi connectivity index (χ4n) is 2.56. The monoisotopic (exact) mass is 286 g/mol. The van der Waals surface area contributed by atoms with Gasteiger partial charge in [-0.3, -0.25) is 9.78 Å². The van der Waals surface area contributed by atoms with Crippen LogP contribution in [0.15, 0.2) is 36.5 Å². The Morgan fingerprint density at radius 1 is 1.29 bits per heavy atom. The van der Waals surface area contributed by atoms with E-state index in [0.29, 0.717) is 18.0 Å². The van der Waals surface area contributed by atoms with Gasteiger partial charge >= 0.3 is 0 Å². The second-order valence-corrected chi connectivity index (χ2v) is 5.26. The van der Waals surface area contributed by atoms with Gasteiger partial charge in [0.25, 0.3) is 5.91 Å². The Kier molecular flexibility index (Phi) is 5.69. The summed E-state index contributed by atoms with van der Waals surface area (Å²) in [6.07, 6.45) is 4.48. The molecule has 1 aromatic heterocycles. The number of hydrogen-bond acceptors (Lipinski definition) is 3. The van der Waals surface area contributed by atoms with Crippen molar-refractivity contribution in [1.29, 1.82) is 0 Å². The Morgan fingerprint density at radius 3 is 2.86 bits per heavy atom. The number of amides is 1. The SMILES string of the molecule is CCCC(CCO)CNC(=O)c1cccc2cccnc12. The molecule has 1 unspecified atom stereocenters. The summed E-state index contributed by atoms with van der Waals surface area (Å²) >= 11 is 0. The first-order valence-corrected chi connectivity index (χ1v) is 7.49. The number of para-hydroxylation sites is 1. The van der Waals surface area contributed by atoms with Crippen LogP contribution in [0.4, 0.5) is 0 Å². The smallest absolute Gasteiger partial charge is 0.253 e. The predicted octanol–water partition coefficient (Wildman–Crippen LogP) is 2.76. The molecule has 1 heterocycles. The number of pyridine rings is 1. The topological polar surface area (TPSA) is 62.2 Å². The lowest BCUT2D eigenvalue weighted by Crippen LogP contribution is -2.30. The first-order chi connectivity index (χ1) is 10.3. The molecular weight excluding hydrogens is 264 g/mol. The number of rotatable bonds is 7. The molecule has 4 nitrogen and oxygen atoms in total. The summed E-state index contributed by atoms with van der Waals surface area (Å²) in [5.41, 5.74) is 1.33. The number of hydrogen-bond donors (Lipinski definition) is 2. The molecule has 0 saturated carbocycles. The number of fused-ring (bicyclic) bond motifs is 1. The molecular formula is C17H22N2O2. The van der Waals surface area contributed by atoms with Crippen molar-refractivity contribution in [1.82, 2.24) is 10.3 Å². The van der Waals surface area contributed by atoms with Crippen LogP contribution in [-0.4, -0.2) is 29.1 Å². The van der Waals surface area contributed by atoms with Gasteiger partial charge in [-0.05, 0) is 30.9 Å². The molecule has 0 aliphatic heterocycles. The van der Waals surface area contributed by atoms with Crippen molar-refractivity contribution < 1.29 is 9.90 Å². The molecule has 1 atom stereocenters. The van der Waals surface area contributed by atoms with Crippen molar-refractivity contribution in [3.05, 3.63) is 42.1 Å². The fourth-order valence-corrected chi connectivity index (χ4v) is 2.56. The third kappa shape index (κ3) is 4.02. The van der Waals surface area contributed by atoms with Crippen LogP contribution in [0.2, 0.25) is 0 Å². The first-order valence-electron chi connectivity index (χ1n) is 7.49. The number of aromatic nitrogens is 1. The lowest BCUT2D eigenvalue weighted by molar-refractivity contribution is 0.0944. The molecule has 0 saturated heterocycles. The minimum Gasteiger partial charge on any atom is -0.396 e. The highest BCUT2D eigenvalue weighted by atomic mass is 16.3. The third-order valence-corrected chi connectivity index (χ3v) is 3.66. The van der Waals surface area contributed by atoms with Gasteiger partial charge in [-0.1, -0.05) is 31.5 Å². The van der Waals surface area contributed by atoms with E-state index in [1.807, 2.05) is 24.3 Å². The highest BCUT2D eigenvalue weighted by molar-refractivity contribution is 6.05. The van der Waals surface area contributed by atoms with Crippen LogP contribution < -0.4 is 5.32 Å². The van der Waals surface area contributed by atoms with Crippen LogP contribution in [0.1, 0.15) is 36.5 Å². The average molecular weight is 286 g/mol. The Balaban J connectivity index is 2.08. The maximum atomic E-state index is 12.4. The van der Waals surface area contributed by atoms with Crippen molar-refractivity contribution in [2.24, 2.45) is 5.92 Å². The van der Waals surface area contributed by atoms with E-state index < -0.39 is 0 Å². The normalized spacial score (nSPS) is 12.3. The molecule has 0 bridgehead atoms. The van der Waals surface area contributed by atoms with Crippen molar-refractivity contribution in [2.45, 2.75) is 26.2 Å². The van der Waals surface area contributed by atoms with Crippen molar-refractivity contribution in [2.75, 3.05) is 13.2 Å². The number of aliphatic hydroxyl groups is 1. The number of carbonyl (C=O) groups is 1. The molecule has 21 heavy (non-hydrogen) atoms. The average Bonchev–Trinajstić information content (AvgIpc) is 2.52. The van der Waals surface area contributed by atoms with Gasteiger partial charge in [0.05, 0.1) is 11.1 Å². The van der Waals surface area contributed by atoms with Crippen LogP contribution in [0.25, 0.3) is 10.9 Å². The molecule has 4 heteroatoms. The number of carbonyl (C=O) groups excluding carboxylic acids is 1. The molecule has 2 N–H and O–H groups in total. The van der Waals surface area contributed by atoms with Gasteiger partial charge in [0.15, 0.2) is 0 Å². The number of nitrogens with one attached hydrogen (secondary N) is 1. The summed E-state index contributed by atoms with van der Waals surface area (Å²) in [5.74, 6) is 0.227. The van der Waals surface area contributed by atoms with Gasteiger partial charge in [0, 0.05) is 24.7 Å². The molecule has 1 aromatic carbocycles. The zero-order valence-electron chi connectivity index (χ0n) is 12.4. The van der Waals surface area contributed by atoms with Crippen LogP contribution in [0.3, 0.4) is 0 Å². The van der Waals surface area contributed by atoms with Crippen LogP contribution in [-0.2, 0) is 0 Å². The van der Waals surface area contributed by atoms with E-state index in [4.69, 9.17) is 5.11 Å². The standard InChI is InChI=1S/C17H22N2O2/c1-2-5-13(9-11-20)12-19-17(21)15-8-3-6-14-7-4-10-18-16(14)15/h3-4,6-8,10,13,20H,2,5,9,11-12H2,1H3,(H,19,21). The zero-order valence-corrected chi connectivity index (χ0v) is 12.4. The molecule has 0 radical (unpaired) electrons. The number of benzene rings is 1. The Labute approximate surface area is 125 Å². The molecule has 1 amide bonds. The summed E-state index contributed by atoms with van der Waals surface area (Å²) < 4.78 is 0. The van der Waals surface area contributed by atoms with E-state index >= 15 is 0 Å². The van der Waals surface area contributed by atoms with E-state index in [-0.39, 0.29) is 12.5 Å². The minimum atomic E-state index is -0.0988. The Hall–Kier alpha value is -1.94. The molecule has 0 spiro atoms. The van der Waals surface area contributed by atoms with E-state index in [9.17, 15) is 4.79 Å². The molecule has 2 aromatic rings. The molecule has 0 fully saturated rings. The summed E-state index contributed by atoms with van der Waals surface area (Å²) in [7, 11) is 0. The third-order valence-electron chi connectivity index (χ3n) is 3.66. The zero-order chi connectivity index (χ0) is 15.1. The van der Waals surface area contributed by atoms with Crippen LogP contribution >= 0.6 is 0 Å². The first kappa shape index (κ1) is 15.4. The molecule has 2 rings (SSSR count). The second-order valence-electron chi connectivity index (χ2n) is 5.26. The maximum absolute atomic E-state index is 12.4. The Morgan fingerprint density at radius 2 is 2.10 bits per heavy atom. The van der Waals surface area contributed by atoms with E-state index in [1.165, 1.54) is 0 Å². The summed E-state index contributed by atoms with van der Waals surface area (Å²) in [6.45, 7) is 2.87. The molecule has 0 aliphatic carbocycles. The van der Waals surface area contributed by atoms with E-state index in [2.05, 4.69) is 17.2 Å². The quantitative estimate of drug-likeness (QED) is 0.822. The lowest BCUT2D eigenvalue weighted by atomic mass is 10.00.